The fourth-order valence-electron chi connectivity index (χ4n) is 4.92. The number of carbonyl (C=O) groups is 3. The lowest BCUT2D eigenvalue weighted by Gasteiger charge is -2.47. The number of thiazole rings is 1. The van der Waals surface area contributed by atoms with Gasteiger partial charge in [-0.3, -0.25) is 9.59 Å². The van der Waals surface area contributed by atoms with Crippen LogP contribution in [-0.2, 0) is 19.2 Å². The van der Waals surface area contributed by atoms with Crippen LogP contribution < -0.4 is 16.2 Å². The third kappa shape index (κ3) is 5.57. The summed E-state index contributed by atoms with van der Waals surface area (Å²) in [6.07, 6.45) is 2.47. The maximum atomic E-state index is 13.0. The average molecular weight is 552 g/mol. The number of carboxylic acid groups (broad SMARTS) is 1. The molecule has 0 spiro atoms. The number of anilines is 1. The van der Waals surface area contributed by atoms with Crippen molar-refractivity contribution in [1.29, 1.82) is 0 Å². The number of hydrogen-bond donors (Lipinski definition) is 4. The van der Waals surface area contributed by atoms with Crippen molar-refractivity contribution < 1.29 is 39.0 Å². The van der Waals surface area contributed by atoms with Gasteiger partial charge in [-0.15, -0.1) is 11.3 Å². The number of nitrogens with one attached hydrogen (secondary N) is 1. The number of amides is 1. The maximum absolute atomic E-state index is 13.0. The molecule has 200 valence electrons. The van der Waals surface area contributed by atoms with Crippen molar-refractivity contribution in [3.05, 3.63) is 34.4 Å². The van der Waals surface area contributed by atoms with Crippen molar-refractivity contribution in [3.63, 3.8) is 0 Å². The molecule has 14 heteroatoms. The van der Waals surface area contributed by atoms with Crippen LogP contribution in [0.15, 0.2) is 33.8 Å². The number of Topliss-reactive ketones (excluding diaryl/α,β-unsaturated/α-hetero) is 1. The lowest BCUT2D eigenvalue weighted by atomic mass is 9.71. The molecule has 37 heavy (non-hydrogen) atoms. The molecule has 6 atom stereocenters. The molecule has 2 fully saturated rings. The van der Waals surface area contributed by atoms with E-state index < -0.39 is 47.1 Å². The number of likely N-dealkylation sites (tertiary alicyclic amines) is 1. The standard InChI is InChI=1S/C23H29N5O7S2/c1-28(7-5-13(29)14(30)8-28)6-3-4-11-9-36-20-16(15(11)22(33)34)19(31)18(20)26-21(32)17(27-35-2)12-10-37-23(24)25-12/h3-4,10,13-14,16,18,20,29-30H,5-9H2,1-2H3,(H3-,24,25,26,32,33,34)/b4-3+,27-17-/t13-,14-,16?,18-,20+,28?/m1/s1. The first-order chi connectivity index (χ1) is 17.5. The normalized spacial score (nSPS) is 32.2. The highest BCUT2D eigenvalue weighted by Crippen LogP contribution is 2.45. The molecule has 2 unspecified atom stereocenters. The van der Waals surface area contributed by atoms with Crippen LogP contribution in [-0.4, -0.2) is 106 Å². The topological polar surface area (TPSA) is 187 Å². The van der Waals surface area contributed by atoms with E-state index in [1.54, 1.807) is 11.5 Å². The van der Waals surface area contributed by atoms with Crippen LogP contribution in [0.5, 0.6) is 0 Å². The first-order valence-corrected chi connectivity index (χ1v) is 13.6. The molecule has 1 saturated heterocycles. The van der Waals surface area contributed by atoms with Gasteiger partial charge in [0.2, 0.25) is 0 Å². The molecule has 1 aromatic rings. The molecule has 0 aromatic carbocycles. The molecule has 0 radical (unpaired) electrons. The monoisotopic (exact) mass is 551 g/mol. The first kappa shape index (κ1) is 27.3. The van der Waals surface area contributed by atoms with Gasteiger partial charge < -0.3 is 40.5 Å². The second-order valence-electron chi connectivity index (χ2n) is 9.56. The van der Waals surface area contributed by atoms with Crippen LogP contribution in [0.4, 0.5) is 5.13 Å². The van der Waals surface area contributed by atoms with E-state index in [0.29, 0.717) is 41.9 Å². The van der Waals surface area contributed by atoms with Gasteiger partial charge in [-0.2, -0.15) is 11.8 Å². The van der Waals surface area contributed by atoms with Gasteiger partial charge in [0.05, 0.1) is 38.1 Å². The van der Waals surface area contributed by atoms with Crippen LogP contribution in [0.25, 0.3) is 0 Å². The molecule has 4 rings (SSSR count). The van der Waals surface area contributed by atoms with Crippen molar-refractivity contribution in [1.82, 2.24) is 10.3 Å². The number of allylic oxidation sites excluding steroid dienone is 1. The van der Waals surface area contributed by atoms with Gasteiger partial charge in [-0.1, -0.05) is 11.2 Å². The number of aliphatic hydroxyl groups excluding tert-OH is 2. The van der Waals surface area contributed by atoms with Gasteiger partial charge in [-0.05, 0) is 17.2 Å². The van der Waals surface area contributed by atoms with E-state index in [4.69, 9.17) is 10.6 Å². The number of oxime groups is 1. The summed E-state index contributed by atoms with van der Waals surface area (Å²) >= 11 is 2.51. The summed E-state index contributed by atoms with van der Waals surface area (Å²) in [4.78, 5) is 46.7. The van der Waals surface area contributed by atoms with Crippen molar-refractivity contribution >= 4 is 51.6 Å². The van der Waals surface area contributed by atoms with Crippen LogP contribution in [0.1, 0.15) is 12.1 Å². The van der Waals surface area contributed by atoms with E-state index in [2.05, 4.69) is 15.5 Å². The second-order valence-corrected chi connectivity index (χ2v) is 11.6. The van der Waals surface area contributed by atoms with E-state index in [1.165, 1.54) is 18.9 Å². The Bertz CT molecular complexity index is 1180. The Labute approximate surface area is 221 Å². The van der Waals surface area contributed by atoms with Gasteiger partial charge in [-0.25, -0.2) is 4.98 Å². The number of likely N-dealkylation sites (N-methyl/N-ethyl adjacent to an activating group) is 1. The number of nitrogen functional groups attached to an aromatic ring is 1. The van der Waals surface area contributed by atoms with Crippen molar-refractivity contribution in [2.24, 2.45) is 11.1 Å². The highest BCUT2D eigenvalue weighted by Gasteiger charge is 2.55. The van der Waals surface area contributed by atoms with Gasteiger partial charge in [0.25, 0.3) is 5.91 Å². The number of hydrogen-bond acceptors (Lipinski definition) is 12. The number of thioether (sulfide) groups is 1. The Morgan fingerprint density at radius 2 is 2.16 bits per heavy atom. The fourth-order valence-corrected chi connectivity index (χ4v) is 6.95. The highest BCUT2D eigenvalue weighted by molar-refractivity contribution is 8.00. The van der Waals surface area contributed by atoms with E-state index in [-0.39, 0.29) is 22.1 Å². The third-order valence-electron chi connectivity index (χ3n) is 6.93. The number of carboxylic acids is 1. The zero-order chi connectivity index (χ0) is 26.9. The van der Waals surface area contributed by atoms with Gasteiger partial charge in [0, 0.05) is 22.8 Å². The van der Waals surface area contributed by atoms with Crippen molar-refractivity contribution in [3.8, 4) is 0 Å². The minimum Gasteiger partial charge on any atom is -0.545 e. The third-order valence-corrected chi connectivity index (χ3v) is 9.01. The van der Waals surface area contributed by atoms with Gasteiger partial charge in [0.15, 0.2) is 16.6 Å². The number of aromatic nitrogens is 1. The Hall–Kier alpha value is -2.78. The van der Waals surface area contributed by atoms with Gasteiger partial charge in [0.1, 0.15) is 31.5 Å². The molecule has 2 aliphatic heterocycles. The molecule has 3 aliphatic rings. The number of carbonyl (C=O) groups excluding carboxylic acids is 3. The minimum absolute atomic E-state index is 0.0645. The fraction of sp³-hybridized carbons (Fsp3) is 0.522. The number of fused-ring (bicyclic) bond motifs is 1. The zero-order valence-corrected chi connectivity index (χ0v) is 22.0. The molecule has 1 saturated carbocycles. The summed E-state index contributed by atoms with van der Waals surface area (Å²) < 4.78 is 0.505. The minimum atomic E-state index is -1.41. The average Bonchev–Trinajstić information content (AvgIpc) is 3.28. The van der Waals surface area contributed by atoms with Crippen LogP contribution >= 0.6 is 23.1 Å². The lowest BCUT2D eigenvalue weighted by molar-refractivity contribution is -0.913. The summed E-state index contributed by atoms with van der Waals surface area (Å²) in [5.74, 6) is -3.09. The smallest absolute Gasteiger partial charge is 0.276 e. The number of aliphatic carboxylic acids is 1. The molecule has 1 amide bonds. The summed E-state index contributed by atoms with van der Waals surface area (Å²) in [5.41, 5.74) is 6.14. The van der Waals surface area contributed by atoms with E-state index >= 15 is 0 Å². The number of piperidine rings is 1. The number of nitrogens with zero attached hydrogens (tertiary/aromatic N) is 3. The predicted octanol–water partition coefficient (Wildman–Crippen LogP) is -1.95. The number of rotatable bonds is 8. The number of nitrogens with two attached hydrogens (primary N) is 1. The predicted molar refractivity (Wildman–Crippen MR) is 135 cm³/mol. The van der Waals surface area contributed by atoms with Crippen LogP contribution in [0.3, 0.4) is 0 Å². The zero-order valence-electron chi connectivity index (χ0n) is 20.3. The largest absolute Gasteiger partial charge is 0.545 e. The number of ketones is 1. The van der Waals surface area contributed by atoms with E-state index in [1.807, 2.05) is 13.1 Å². The van der Waals surface area contributed by atoms with E-state index in [9.17, 15) is 29.7 Å². The SMILES string of the molecule is CO/N=C(\C(=O)N[C@@H]1C(=O)C2C(C(=O)[O-])=C(/C=C/C[N+]3(C)CC[C@@H](O)[C@H](O)C3)CS[C@@H]21)c1csc(N)n1. The molecule has 1 aromatic heterocycles. The Balaban J connectivity index is 1.46. The van der Waals surface area contributed by atoms with Crippen LogP contribution in [0, 0.1) is 5.92 Å². The highest BCUT2D eigenvalue weighted by atomic mass is 32.2. The molecular weight excluding hydrogens is 522 g/mol. The summed E-state index contributed by atoms with van der Waals surface area (Å²) in [7, 11) is 3.23. The molecule has 1 aliphatic carbocycles. The first-order valence-electron chi connectivity index (χ1n) is 11.6. The maximum Gasteiger partial charge on any atom is 0.276 e. The Kier molecular flexibility index (Phi) is 8.04. The molecule has 3 heterocycles. The lowest BCUT2D eigenvalue weighted by Crippen LogP contribution is -2.66. The Morgan fingerprint density at radius 3 is 2.78 bits per heavy atom. The Morgan fingerprint density at radius 1 is 1.41 bits per heavy atom. The summed E-state index contributed by atoms with van der Waals surface area (Å²) in [6.45, 7) is 1.59. The van der Waals surface area contributed by atoms with E-state index in [0.717, 1.165) is 11.3 Å². The van der Waals surface area contributed by atoms with Gasteiger partial charge >= 0.3 is 0 Å². The van der Waals surface area contributed by atoms with Crippen LogP contribution in [0.2, 0.25) is 0 Å². The summed E-state index contributed by atoms with van der Waals surface area (Å²) in [6, 6.07) is -0.897. The molecule has 12 nitrogen and oxygen atoms in total. The summed E-state index contributed by atoms with van der Waals surface area (Å²) in [5, 5.41) is 39.5. The number of aliphatic hydroxyl groups is 2. The molecule has 0 bridgehead atoms. The molecule has 5 N–H and O–H groups in total. The van der Waals surface area contributed by atoms with Crippen molar-refractivity contribution in [2.75, 3.05) is 45.3 Å². The van der Waals surface area contributed by atoms with Crippen molar-refractivity contribution in [2.45, 2.75) is 29.9 Å². The quantitative estimate of drug-likeness (QED) is 0.161. The second kappa shape index (κ2) is 10.9. The number of quaternary nitrogens is 1. The molecular formula is C23H29N5O7S2.